The summed E-state index contributed by atoms with van der Waals surface area (Å²) in [6, 6.07) is 1.32. The molecule has 0 saturated carbocycles. The van der Waals surface area contributed by atoms with E-state index < -0.39 is 11.9 Å². The van der Waals surface area contributed by atoms with Crippen LogP contribution in [0, 0.1) is 5.92 Å². The highest BCUT2D eigenvalue weighted by Crippen LogP contribution is 2.24. The van der Waals surface area contributed by atoms with Crippen LogP contribution in [0.4, 0.5) is 0 Å². The summed E-state index contributed by atoms with van der Waals surface area (Å²) < 4.78 is 1.29. The lowest BCUT2D eigenvalue weighted by Crippen LogP contribution is -2.50. The summed E-state index contributed by atoms with van der Waals surface area (Å²) in [6.07, 6.45) is 2.61. The van der Waals surface area contributed by atoms with Crippen molar-refractivity contribution in [1.29, 1.82) is 0 Å². The summed E-state index contributed by atoms with van der Waals surface area (Å²) in [5, 5.41) is 11.5. The van der Waals surface area contributed by atoms with Crippen LogP contribution in [0.25, 0.3) is 10.2 Å². The molecule has 1 aliphatic rings. The molecule has 2 atom stereocenters. The second-order valence-electron chi connectivity index (χ2n) is 5.73. The highest BCUT2D eigenvalue weighted by atomic mass is 32.1. The number of nitrogens with zero attached hydrogens (tertiary/aromatic N) is 3. The topological polar surface area (TPSA) is 92.5 Å². The maximum atomic E-state index is 12.5. The number of carbonyl (C=O) groups is 2. The van der Waals surface area contributed by atoms with E-state index in [2.05, 4.69) is 4.98 Å². The Hall–Kier alpha value is -2.22. The van der Waals surface area contributed by atoms with Gasteiger partial charge in [-0.1, -0.05) is 0 Å². The van der Waals surface area contributed by atoms with Gasteiger partial charge in [-0.25, -0.2) is 4.98 Å². The first kappa shape index (κ1) is 15.7. The number of carboxylic acids is 1. The Morgan fingerprint density at radius 1 is 1.48 bits per heavy atom. The molecule has 3 rings (SSSR count). The predicted molar refractivity (Wildman–Crippen MR) is 85.4 cm³/mol. The summed E-state index contributed by atoms with van der Waals surface area (Å²) in [5.41, 5.74) is -0.246. The van der Waals surface area contributed by atoms with Crippen LogP contribution in [0.1, 0.15) is 19.8 Å². The number of aliphatic carboxylic acids is 1. The summed E-state index contributed by atoms with van der Waals surface area (Å²) >= 11 is 1.38. The molecule has 1 amide bonds. The number of aromatic nitrogens is 2. The first-order valence-electron chi connectivity index (χ1n) is 7.44. The van der Waals surface area contributed by atoms with Gasteiger partial charge in [-0.05, 0) is 31.2 Å². The molecule has 23 heavy (non-hydrogen) atoms. The van der Waals surface area contributed by atoms with E-state index in [-0.39, 0.29) is 24.1 Å². The number of hydrogen-bond donors (Lipinski definition) is 1. The maximum absolute atomic E-state index is 12.5. The van der Waals surface area contributed by atoms with Crippen LogP contribution in [-0.4, -0.2) is 44.0 Å². The van der Waals surface area contributed by atoms with Crippen molar-refractivity contribution in [3.8, 4) is 0 Å². The van der Waals surface area contributed by atoms with Gasteiger partial charge in [0, 0.05) is 12.6 Å². The van der Waals surface area contributed by atoms with Crippen LogP contribution < -0.4 is 5.56 Å². The molecule has 0 radical (unpaired) electrons. The maximum Gasteiger partial charge on any atom is 0.308 e. The molecule has 122 valence electrons. The minimum atomic E-state index is -0.881. The van der Waals surface area contributed by atoms with Gasteiger partial charge in [-0.3, -0.25) is 19.0 Å². The predicted octanol–water partition coefficient (Wildman–Crippen LogP) is 1.17. The SMILES string of the molecule is C[C@@H]1[C@H](C(=O)O)CCCN1C(=O)Cn1cnc2sccc2c1=O. The average Bonchev–Trinajstić information content (AvgIpc) is 2.99. The van der Waals surface area contributed by atoms with Crippen LogP contribution in [-0.2, 0) is 16.1 Å². The first-order valence-corrected chi connectivity index (χ1v) is 8.32. The van der Waals surface area contributed by atoms with E-state index in [4.69, 9.17) is 0 Å². The van der Waals surface area contributed by atoms with Crippen molar-refractivity contribution in [3.63, 3.8) is 0 Å². The third-order valence-electron chi connectivity index (χ3n) is 4.38. The molecule has 0 unspecified atom stereocenters. The molecule has 1 N–H and O–H groups in total. The fraction of sp³-hybridized carbons (Fsp3) is 0.467. The number of carbonyl (C=O) groups excluding carboxylic acids is 1. The number of amides is 1. The second-order valence-corrected chi connectivity index (χ2v) is 6.63. The van der Waals surface area contributed by atoms with Crippen LogP contribution in [0.15, 0.2) is 22.6 Å². The van der Waals surface area contributed by atoms with Gasteiger partial charge in [0.15, 0.2) is 0 Å². The Morgan fingerprint density at radius 3 is 3.00 bits per heavy atom. The van der Waals surface area contributed by atoms with Crippen molar-refractivity contribution in [2.24, 2.45) is 5.92 Å². The molecule has 8 heteroatoms. The van der Waals surface area contributed by atoms with E-state index in [1.54, 1.807) is 23.3 Å². The lowest BCUT2D eigenvalue weighted by atomic mass is 9.90. The quantitative estimate of drug-likeness (QED) is 0.909. The molecular weight excluding hydrogens is 318 g/mol. The van der Waals surface area contributed by atoms with Crippen molar-refractivity contribution in [1.82, 2.24) is 14.5 Å². The minimum Gasteiger partial charge on any atom is -0.481 e. The summed E-state index contributed by atoms with van der Waals surface area (Å²) in [7, 11) is 0. The zero-order chi connectivity index (χ0) is 16.6. The zero-order valence-electron chi connectivity index (χ0n) is 12.6. The summed E-state index contributed by atoms with van der Waals surface area (Å²) in [6.45, 7) is 2.15. The fourth-order valence-electron chi connectivity index (χ4n) is 3.07. The number of thiophene rings is 1. The van der Waals surface area contributed by atoms with Crippen molar-refractivity contribution in [2.75, 3.05) is 6.54 Å². The fourth-order valence-corrected chi connectivity index (χ4v) is 3.79. The van der Waals surface area contributed by atoms with Gasteiger partial charge in [-0.15, -0.1) is 11.3 Å². The van der Waals surface area contributed by atoms with Gasteiger partial charge in [0.1, 0.15) is 11.4 Å². The second kappa shape index (κ2) is 6.11. The molecule has 1 saturated heterocycles. The highest BCUT2D eigenvalue weighted by molar-refractivity contribution is 7.16. The lowest BCUT2D eigenvalue weighted by Gasteiger charge is -2.37. The van der Waals surface area contributed by atoms with Crippen LogP contribution in [0.5, 0.6) is 0 Å². The molecule has 7 nitrogen and oxygen atoms in total. The largest absolute Gasteiger partial charge is 0.481 e. The average molecular weight is 335 g/mol. The van der Waals surface area contributed by atoms with E-state index in [0.717, 1.165) is 0 Å². The molecule has 0 aliphatic carbocycles. The normalized spacial score (nSPS) is 21.5. The third-order valence-corrected chi connectivity index (χ3v) is 5.20. The van der Waals surface area contributed by atoms with Gasteiger partial charge in [0.05, 0.1) is 17.6 Å². The van der Waals surface area contributed by atoms with Crippen LogP contribution in [0.3, 0.4) is 0 Å². The number of carboxylic acid groups (broad SMARTS) is 1. The van der Waals surface area contributed by atoms with Crippen molar-refractivity contribution in [3.05, 3.63) is 28.1 Å². The molecule has 0 spiro atoms. The minimum absolute atomic E-state index is 0.117. The summed E-state index contributed by atoms with van der Waals surface area (Å²) in [4.78, 5) is 42.5. The van der Waals surface area contributed by atoms with Crippen molar-refractivity contribution in [2.45, 2.75) is 32.4 Å². The molecule has 3 heterocycles. The van der Waals surface area contributed by atoms with E-state index in [9.17, 15) is 19.5 Å². The Morgan fingerprint density at radius 2 is 2.26 bits per heavy atom. The van der Waals surface area contributed by atoms with E-state index >= 15 is 0 Å². The number of rotatable bonds is 3. The van der Waals surface area contributed by atoms with E-state index in [1.807, 2.05) is 0 Å². The summed E-state index contributed by atoms with van der Waals surface area (Å²) in [5.74, 6) is -1.68. The standard InChI is InChI=1S/C15H17N3O4S/c1-9-10(15(21)22)3-2-5-18(9)12(19)7-17-8-16-13-11(14(17)20)4-6-23-13/h4,6,8-10H,2-3,5,7H2,1H3,(H,21,22)/t9-,10-/m1/s1. The van der Waals surface area contributed by atoms with Crippen molar-refractivity contribution >= 4 is 33.4 Å². The highest BCUT2D eigenvalue weighted by Gasteiger charge is 2.35. The van der Waals surface area contributed by atoms with Crippen LogP contribution in [0.2, 0.25) is 0 Å². The molecule has 2 aromatic rings. The van der Waals surface area contributed by atoms with Gasteiger partial charge >= 0.3 is 5.97 Å². The van der Waals surface area contributed by atoms with Gasteiger partial charge in [0.25, 0.3) is 5.56 Å². The van der Waals surface area contributed by atoms with Gasteiger partial charge in [-0.2, -0.15) is 0 Å². The molecule has 0 bridgehead atoms. The lowest BCUT2D eigenvalue weighted by molar-refractivity contribution is -0.149. The van der Waals surface area contributed by atoms with E-state index in [1.165, 1.54) is 22.2 Å². The molecular formula is C15H17N3O4S. The zero-order valence-corrected chi connectivity index (χ0v) is 13.5. The first-order chi connectivity index (χ1) is 11.0. The third kappa shape index (κ3) is 2.86. The van der Waals surface area contributed by atoms with Gasteiger partial charge < -0.3 is 10.0 Å². The van der Waals surface area contributed by atoms with E-state index in [0.29, 0.717) is 29.6 Å². The monoisotopic (exact) mass is 335 g/mol. The molecule has 1 fully saturated rings. The Bertz CT molecular complexity index is 812. The number of hydrogen-bond acceptors (Lipinski definition) is 5. The van der Waals surface area contributed by atoms with Crippen molar-refractivity contribution < 1.29 is 14.7 Å². The van der Waals surface area contributed by atoms with Gasteiger partial charge in [0.2, 0.25) is 5.91 Å². The molecule has 2 aromatic heterocycles. The Kier molecular flexibility index (Phi) is 4.16. The number of likely N-dealkylation sites (tertiary alicyclic amines) is 1. The molecule has 0 aromatic carbocycles. The van der Waals surface area contributed by atoms with Crippen LogP contribution >= 0.6 is 11.3 Å². The smallest absolute Gasteiger partial charge is 0.308 e. The number of piperidine rings is 1. The Balaban J connectivity index is 1.81. The number of fused-ring (bicyclic) bond motifs is 1. The Labute approximate surface area is 136 Å². The molecule has 1 aliphatic heterocycles.